The third kappa shape index (κ3) is 3.03. The normalized spacial score (nSPS) is 10.5. The number of aromatic nitrogens is 1. The standard InChI is InChI=1S/C10H10ClF2NO3/c1-3-17-10(15)6-4-5(11)8(16-2)7(14-6)9(12)13/h4,9H,3H2,1-2H3. The Balaban J connectivity index is 3.24. The van der Waals surface area contributed by atoms with E-state index in [0.29, 0.717) is 0 Å². The van der Waals surface area contributed by atoms with Gasteiger partial charge >= 0.3 is 5.97 Å². The summed E-state index contributed by atoms with van der Waals surface area (Å²) in [5, 5.41) is -0.110. The predicted molar refractivity (Wildman–Crippen MR) is 56.7 cm³/mol. The number of rotatable bonds is 4. The fourth-order valence-corrected chi connectivity index (χ4v) is 1.46. The Kier molecular flexibility index (Phi) is 4.62. The molecule has 1 heterocycles. The molecule has 0 aromatic carbocycles. The average molecular weight is 266 g/mol. The van der Waals surface area contributed by atoms with Crippen molar-refractivity contribution < 1.29 is 23.0 Å². The molecule has 0 aliphatic carbocycles. The summed E-state index contributed by atoms with van der Waals surface area (Å²) in [4.78, 5) is 14.8. The van der Waals surface area contributed by atoms with Gasteiger partial charge in [-0.3, -0.25) is 0 Å². The molecule has 0 bridgehead atoms. The number of ether oxygens (including phenoxy) is 2. The van der Waals surface area contributed by atoms with Crippen LogP contribution in [0.15, 0.2) is 6.07 Å². The van der Waals surface area contributed by atoms with Crippen LogP contribution in [0.2, 0.25) is 5.02 Å². The Hall–Kier alpha value is -1.43. The molecule has 0 spiro atoms. The number of methoxy groups -OCH3 is 1. The summed E-state index contributed by atoms with van der Waals surface area (Å²) in [6.07, 6.45) is -2.89. The minimum absolute atomic E-state index is 0.110. The Morgan fingerprint density at radius 3 is 2.71 bits per heavy atom. The van der Waals surface area contributed by atoms with Gasteiger partial charge in [-0.1, -0.05) is 11.6 Å². The molecule has 0 saturated heterocycles. The summed E-state index contributed by atoms with van der Waals surface area (Å²) in [7, 11) is 1.19. The first-order valence-corrected chi connectivity index (χ1v) is 5.08. The summed E-state index contributed by atoms with van der Waals surface area (Å²) in [6.45, 7) is 1.71. The van der Waals surface area contributed by atoms with Gasteiger partial charge in [-0.05, 0) is 13.0 Å². The highest BCUT2D eigenvalue weighted by atomic mass is 35.5. The molecular formula is C10H10ClF2NO3. The van der Waals surface area contributed by atoms with Gasteiger partial charge in [-0.2, -0.15) is 0 Å². The van der Waals surface area contributed by atoms with E-state index in [4.69, 9.17) is 16.3 Å². The van der Waals surface area contributed by atoms with Gasteiger partial charge in [-0.25, -0.2) is 18.6 Å². The lowest BCUT2D eigenvalue weighted by Crippen LogP contribution is -2.10. The quantitative estimate of drug-likeness (QED) is 0.786. The molecule has 0 saturated carbocycles. The maximum Gasteiger partial charge on any atom is 0.356 e. The van der Waals surface area contributed by atoms with Crippen molar-refractivity contribution in [1.29, 1.82) is 0 Å². The largest absolute Gasteiger partial charge is 0.493 e. The van der Waals surface area contributed by atoms with E-state index in [1.54, 1.807) is 6.92 Å². The Bertz CT molecular complexity index is 426. The topological polar surface area (TPSA) is 48.4 Å². The molecule has 0 unspecified atom stereocenters. The first-order chi connectivity index (χ1) is 8.01. The first-order valence-electron chi connectivity index (χ1n) is 4.71. The highest BCUT2D eigenvalue weighted by molar-refractivity contribution is 6.32. The zero-order chi connectivity index (χ0) is 13.0. The molecule has 7 heteroatoms. The van der Waals surface area contributed by atoms with E-state index in [-0.39, 0.29) is 23.1 Å². The van der Waals surface area contributed by atoms with Crippen LogP contribution >= 0.6 is 11.6 Å². The molecule has 4 nitrogen and oxygen atoms in total. The van der Waals surface area contributed by atoms with Gasteiger partial charge in [0.25, 0.3) is 6.43 Å². The van der Waals surface area contributed by atoms with E-state index in [2.05, 4.69) is 9.72 Å². The lowest BCUT2D eigenvalue weighted by Gasteiger charge is -2.10. The maximum atomic E-state index is 12.7. The predicted octanol–water partition coefficient (Wildman–Crippen LogP) is 2.86. The lowest BCUT2D eigenvalue weighted by molar-refractivity contribution is 0.0517. The maximum absolute atomic E-state index is 12.7. The summed E-state index contributed by atoms with van der Waals surface area (Å²) in [5.74, 6) is -1.05. The Morgan fingerprint density at radius 1 is 1.59 bits per heavy atom. The number of alkyl halides is 2. The number of nitrogens with zero attached hydrogens (tertiary/aromatic N) is 1. The summed E-state index contributed by atoms with van der Waals surface area (Å²) < 4.78 is 34.7. The number of carbonyl (C=O) groups excluding carboxylic acids is 1. The molecule has 0 amide bonds. The Morgan fingerprint density at radius 2 is 2.24 bits per heavy atom. The fourth-order valence-electron chi connectivity index (χ4n) is 1.18. The van der Waals surface area contributed by atoms with Gasteiger partial charge in [0.15, 0.2) is 17.1 Å². The van der Waals surface area contributed by atoms with Crippen LogP contribution in [-0.4, -0.2) is 24.7 Å². The van der Waals surface area contributed by atoms with Crippen LogP contribution in [0.4, 0.5) is 8.78 Å². The molecule has 1 aromatic rings. The molecule has 0 N–H and O–H groups in total. The summed E-state index contributed by atoms with van der Waals surface area (Å²) in [6, 6.07) is 1.13. The molecule has 17 heavy (non-hydrogen) atoms. The summed E-state index contributed by atoms with van der Waals surface area (Å²) >= 11 is 5.72. The van der Waals surface area contributed by atoms with Gasteiger partial charge in [0.2, 0.25) is 0 Å². The molecule has 0 radical (unpaired) electrons. The molecule has 0 aliphatic heterocycles. The number of esters is 1. The van der Waals surface area contributed by atoms with E-state index in [1.807, 2.05) is 0 Å². The smallest absolute Gasteiger partial charge is 0.356 e. The third-order valence-electron chi connectivity index (χ3n) is 1.85. The van der Waals surface area contributed by atoms with Crippen LogP contribution in [-0.2, 0) is 4.74 Å². The van der Waals surface area contributed by atoms with Gasteiger partial charge in [0, 0.05) is 0 Å². The van der Waals surface area contributed by atoms with E-state index in [9.17, 15) is 13.6 Å². The third-order valence-corrected chi connectivity index (χ3v) is 2.13. The molecule has 0 atom stereocenters. The first kappa shape index (κ1) is 13.6. The SMILES string of the molecule is CCOC(=O)c1cc(Cl)c(OC)c(C(F)F)n1. The molecular weight excluding hydrogens is 256 g/mol. The van der Waals surface area contributed by atoms with E-state index < -0.39 is 18.1 Å². The molecule has 0 fully saturated rings. The van der Waals surface area contributed by atoms with Crippen molar-refractivity contribution in [2.45, 2.75) is 13.3 Å². The number of pyridine rings is 1. The van der Waals surface area contributed by atoms with Crippen molar-refractivity contribution in [3.05, 3.63) is 22.5 Å². The molecule has 94 valence electrons. The average Bonchev–Trinajstić information content (AvgIpc) is 2.28. The Labute approximate surface area is 101 Å². The van der Waals surface area contributed by atoms with Crippen LogP contribution in [0.25, 0.3) is 0 Å². The monoisotopic (exact) mass is 265 g/mol. The van der Waals surface area contributed by atoms with Crippen molar-refractivity contribution >= 4 is 17.6 Å². The number of carbonyl (C=O) groups is 1. The van der Waals surface area contributed by atoms with E-state index in [1.165, 1.54) is 7.11 Å². The molecule has 1 aromatic heterocycles. The second-order valence-electron chi connectivity index (χ2n) is 2.93. The number of halogens is 3. The molecule has 1 rings (SSSR count). The zero-order valence-electron chi connectivity index (χ0n) is 9.17. The fraction of sp³-hybridized carbons (Fsp3) is 0.400. The van der Waals surface area contributed by atoms with E-state index >= 15 is 0 Å². The van der Waals surface area contributed by atoms with Gasteiger partial charge < -0.3 is 9.47 Å². The van der Waals surface area contributed by atoms with Crippen LogP contribution in [0.5, 0.6) is 5.75 Å². The van der Waals surface area contributed by atoms with Crippen LogP contribution in [0.1, 0.15) is 29.5 Å². The second-order valence-corrected chi connectivity index (χ2v) is 3.34. The van der Waals surface area contributed by atoms with Gasteiger partial charge in [-0.15, -0.1) is 0 Å². The lowest BCUT2D eigenvalue weighted by atomic mass is 10.2. The van der Waals surface area contributed by atoms with Crippen LogP contribution in [0, 0.1) is 0 Å². The minimum atomic E-state index is -2.89. The van der Waals surface area contributed by atoms with E-state index in [0.717, 1.165) is 6.07 Å². The van der Waals surface area contributed by atoms with Crippen molar-refractivity contribution in [2.24, 2.45) is 0 Å². The minimum Gasteiger partial charge on any atom is -0.493 e. The van der Waals surface area contributed by atoms with Gasteiger partial charge in [0.05, 0.1) is 18.7 Å². The molecule has 0 aliphatic rings. The van der Waals surface area contributed by atoms with Crippen molar-refractivity contribution in [3.8, 4) is 5.75 Å². The number of hydrogen-bond donors (Lipinski definition) is 0. The highest BCUT2D eigenvalue weighted by Crippen LogP contribution is 2.34. The second kappa shape index (κ2) is 5.77. The van der Waals surface area contributed by atoms with Crippen molar-refractivity contribution in [2.75, 3.05) is 13.7 Å². The number of hydrogen-bond acceptors (Lipinski definition) is 4. The van der Waals surface area contributed by atoms with Crippen LogP contribution in [0.3, 0.4) is 0 Å². The van der Waals surface area contributed by atoms with Crippen LogP contribution < -0.4 is 4.74 Å². The van der Waals surface area contributed by atoms with Crippen molar-refractivity contribution in [1.82, 2.24) is 4.98 Å². The highest BCUT2D eigenvalue weighted by Gasteiger charge is 2.22. The zero-order valence-corrected chi connectivity index (χ0v) is 9.92. The van der Waals surface area contributed by atoms with Crippen molar-refractivity contribution in [3.63, 3.8) is 0 Å². The summed E-state index contributed by atoms with van der Waals surface area (Å²) in [5.41, 5.74) is -0.948. The van der Waals surface area contributed by atoms with Gasteiger partial charge in [0.1, 0.15) is 0 Å².